The number of allylic oxidation sites excluding steroid dienone is 2. The number of benzene rings is 5. The standard InChI is InChI=1S/C47H34N4O8/c1-57-37-12-6-9-34(52)41(37)39-28-21-22-29-38(46(55)50(44(29)53)26-17-13-24(14-18-26)42-48-32-7-2-4-10-35(32)58-42)30(28)23-31-40(39)47(56)51(45(31)54)27-19-15-25(16-20-27)43-49-33-8-3-5-11-36(33)59-43/h2-21,29-31,38-40,52H,22-23H2,1H3. The number of anilines is 2. The Bertz CT molecular complexity index is 2860. The summed E-state index contributed by atoms with van der Waals surface area (Å²) >= 11 is 0. The topological polar surface area (TPSA) is 156 Å². The van der Waals surface area contributed by atoms with E-state index in [0.717, 1.165) is 11.1 Å². The summed E-state index contributed by atoms with van der Waals surface area (Å²) in [6, 6.07) is 33.7. The molecule has 4 aliphatic rings. The third-order valence-corrected chi connectivity index (χ3v) is 12.6. The van der Waals surface area contributed by atoms with Crippen LogP contribution < -0.4 is 14.5 Å². The van der Waals surface area contributed by atoms with Gasteiger partial charge < -0.3 is 18.7 Å². The highest BCUT2D eigenvalue weighted by Crippen LogP contribution is 2.60. The lowest BCUT2D eigenvalue weighted by atomic mass is 9.57. The van der Waals surface area contributed by atoms with E-state index in [9.17, 15) is 24.3 Å². The fraction of sp³-hybridized carbons (Fsp3) is 0.191. The van der Waals surface area contributed by atoms with Crippen LogP contribution in [0.1, 0.15) is 24.3 Å². The summed E-state index contributed by atoms with van der Waals surface area (Å²) in [6.07, 6.45) is 2.38. The van der Waals surface area contributed by atoms with Crippen LogP contribution in [0.2, 0.25) is 0 Å². The molecule has 6 unspecified atom stereocenters. The average Bonchev–Trinajstić information content (AvgIpc) is 4.02. The molecule has 3 fully saturated rings. The molecule has 2 aromatic heterocycles. The molecule has 0 spiro atoms. The van der Waals surface area contributed by atoms with Gasteiger partial charge in [-0.3, -0.25) is 29.0 Å². The van der Waals surface area contributed by atoms with E-state index >= 15 is 0 Å². The maximum absolute atomic E-state index is 14.7. The molecule has 0 radical (unpaired) electrons. The van der Waals surface area contributed by atoms with Crippen molar-refractivity contribution in [1.82, 2.24) is 9.97 Å². The summed E-state index contributed by atoms with van der Waals surface area (Å²) in [5.41, 5.74) is 6.01. The van der Waals surface area contributed by atoms with Crippen LogP contribution in [0.25, 0.3) is 45.1 Å². The van der Waals surface area contributed by atoms with Crippen molar-refractivity contribution in [1.29, 1.82) is 0 Å². The van der Waals surface area contributed by atoms with E-state index in [4.69, 9.17) is 13.6 Å². The predicted octanol–water partition coefficient (Wildman–Crippen LogP) is 8.06. The Labute approximate surface area is 336 Å². The van der Waals surface area contributed by atoms with Gasteiger partial charge >= 0.3 is 0 Å². The van der Waals surface area contributed by atoms with Crippen molar-refractivity contribution in [2.75, 3.05) is 16.9 Å². The third-order valence-electron chi connectivity index (χ3n) is 12.6. The van der Waals surface area contributed by atoms with Gasteiger partial charge in [-0.1, -0.05) is 42.0 Å². The Morgan fingerprint density at radius 2 is 1.15 bits per heavy atom. The van der Waals surface area contributed by atoms with Crippen molar-refractivity contribution in [2.45, 2.75) is 18.8 Å². The second kappa shape index (κ2) is 13.1. The van der Waals surface area contributed by atoms with Crippen LogP contribution in [-0.2, 0) is 19.2 Å². The summed E-state index contributed by atoms with van der Waals surface area (Å²) in [4.78, 5) is 69.8. The molecule has 59 heavy (non-hydrogen) atoms. The highest BCUT2D eigenvalue weighted by Gasteiger charge is 2.63. The quantitative estimate of drug-likeness (QED) is 0.129. The van der Waals surface area contributed by atoms with Gasteiger partial charge in [-0.25, -0.2) is 9.97 Å². The first-order chi connectivity index (χ1) is 28.8. The van der Waals surface area contributed by atoms with Crippen molar-refractivity contribution in [2.24, 2.45) is 29.6 Å². The highest BCUT2D eigenvalue weighted by atomic mass is 16.5. The molecule has 2 aliphatic heterocycles. The van der Waals surface area contributed by atoms with E-state index < -0.39 is 47.3 Å². The number of para-hydroxylation sites is 4. The number of fused-ring (bicyclic) bond motifs is 6. The highest BCUT2D eigenvalue weighted by molar-refractivity contribution is 6.24. The number of imide groups is 2. The summed E-state index contributed by atoms with van der Waals surface area (Å²) in [6.45, 7) is 0. The van der Waals surface area contributed by atoms with Gasteiger partial charge in [0.15, 0.2) is 11.2 Å². The van der Waals surface area contributed by atoms with Gasteiger partial charge in [0.1, 0.15) is 22.5 Å². The monoisotopic (exact) mass is 782 g/mol. The number of aromatic hydroxyl groups is 1. The molecule has 290 valence electrons. The fourth-order valence-corrected chi connectivity index (χ4v) is 9.94. The summed E-state index contributed by atoms with van der Waals surface area (Å²) in [5, 5.41) is 11.5. The molecule has 1 saturated carbocycles. The molecule has 2 saturated heterocycles. The Balaban J connectivity index is 0.943. The number of carbonyl (C=O) groups excluding carboxylic acids is 4. The molecule has 12 nitrogen and oxygen atoms in total. The minimum absolute atomic E-state index is 0.0901. The van der Waals surface area contributed by atoms with Gasteiger partial charge in [0.2, 0.25) is 35.4 Å². The molecule has 4 heterocycles. The zero-order valence-corrected chi connectivity index (χ0v) is 31.5. The van der Waals surface area contributed by atoms with Gasteiger partial charge in [-0.2, -0.15) is 0 Å². The number of oxazole rings is 2. The largest absolute Gasteiger partial charge is 0.508 e. The first-order valence-electron chi connectivity index (χ1n) is 19.5. The first kappa shape index (κ1) is 34.9. The van der Waals surface area contributed by atoms with E-state index in [2.05, 4.69) is 9.97 Å². The fourth-order valence-electron chi connectivity index (χ4n) is 9.94. The number of hydrogen-bond acceptors (Lipinski definition) is 10. The van der Waals surface area contributed by atoms with E-state index in [1.54, 1.807) is 60.7 Å². The van der Waals surface area contributed by atoms with Gasteiger partial charge in [-0.15, -0.1) is 0 Å². The number of phenolic OH excluding ortho intramolecular Hbond substituents is 1. The van der Waals surface area contributed by atoms with Crippen molar-refractivity contribution in [3.8, 4) is 34.4 Å². The smallest absolute Gasteiger partial charge is 0.238 e. The molecule has 11 rings (SSSR count). The van der Waals surface area contributed by atoms with Crippen LogP contribution in [0.3, 0.4) is 0 Å². The molecule has 6 atom stereocenters. The third kappa shape index (κ3) is 5.22. The van der Waals surface area contributed by atoms with Crippen LogP contribution in [0.5, 0.6) is 11.5 Å². The van der Waals surface area contributed by atoms with E-state index in [1.165, 1.54) is 23.0 Å². The number of nitrogens with zero attached hydrogens (tertiary/aromatic N) is 4. The van der Waals surface area contributed by atoms with E-state index in [0.29, 0.717) is 62.3 Å². The molecule has 12 heteroatoms. The lowest BCUT2D eigenvalue weighted by molar-refractivity contribution is -0.126. The average molecular weight is 783 g/mol. The molecule has 1 N–H and O–H groups in total. The molecule has 0 bridgehead atoms. The van der Waals surface area contributed by atoms with Crippen molar-refractivity contribution in [3.05, 3.63) is 132 Å². The minimum Gasteiger partial charge on any atom is -0.508 e. The minimum atomic E-state index is -0.900. The first-order valence-corrected chi connectivity index (χ1v) is 19.5. The number of methoxy groups -OCH3 is 1. The lowest BCUT2D eigenvalue weighted by Crippen LogP contribution is -2.43. The molecular formula is C47H34N4O8. The van der Waals surface area contributed by atoms with Crippen molar-refractivity contribution >= 4 is 57.2 Å². The number of phenols is 1. The van der Waals surface area contributed by atoms with Gasteiger partial charge in [0.05, 0.1) is 42.2 Å². The maximum atomic E-state index is 14.7. The second-order valence-corrected chi connectivity index (χ2v) is 15.5. The normalized spacial score (nSPS) is 23.8. The summed E-state index contributed by atoms with van der Waals surface area (Å²) in [7, 11) is 1.49. The zero-order valence-electron chi connectivity index (χ0n) is 31.5. The number of aromatic nitrogens is 2. The molecule has 2 aliphatic carbocycles. The number of amides is 4. The lowest BCUT2D eigenvalue weighted by Gasteiger charge is -2.44. The van der Waals surface area contributed by atoms with Crippen molar-refractivity contribution in [3.63, 3.8) is 0 Å². The number of ether oxygens (including phenoxy) is 1. The van der Waals surface area contributed by atoms with Gasteiger partial charge in [0, 0.05) is 22.6 Å². The SMILES string of the molecule is COc1cccc(O)c1C1C2=CCC3C(=O)N(c4ccc(-c5nc6ccccc6o5)cc4)C(=O)C3C2CC2C(=O)N(c3ccc(-c4nc5ccccc5o4)cc3)C(=O)C21. The Morgan fingerprint density at radius 1 is 0.610 bits per heavy atom. The molecule has 5 aromatic carbocycles. The van der Waals surface area contributed by atoms with Crippen LogP contribution in [-0.4, -0.2) is 45.8 Å². The van der Waals surface area contributed by atoms with Gasteiger partial charge in [0.25, 0.3) is 0 Å². The Morgan fingerprint density at radius 3 is 1.71 bits per heavy atom. The van der Waals surface area contributed by atoms with Crippen LogP contribution in [0.15, 0.2) is 136 Å². The van der Waals surface area contributed by atoms with Crippen molar-refractivity contribution < 1.29 is 37.9 Å². The summed E-state index contributed by atoms with van der Waals surface area (Å²) < 4.78 is 17.6. The molecule has 7 aromatic rings. The molecule has 4 amide bonds. The van der Waals surface area contributed by atoms with Crippen LogP contribution >= 0.6 is 0 Å². The van der Waals surface area contributed by atoms with E-state index in [-0.39, 0.29) is 30.4 Å². The number of rotatable bonds is 6. The zero-order chi connectivity index (χ0) is 40.1. The molecular weight excluding hydrogens is 749 g/mol. The Hall–Kier alpha value is -7.34. The number of carbonyl (C=O) groups is 4. The summed E-state index contributed by atoms with van der Waals surface area (Å²) in [5.74, 6) is -4.98. The second-order valence-electron chi connectivity index (χ2n) is 15.5. The predicted molar refractivity (Wildman–Crippen MR) is 216 cm³/mol. The maximum Gasteiger partial charge on any atom is 0.238 e. The van der Waals surface area contributed by atoms with Crippen LogP contribution in [0.4, 0.5) is 11.4 Å². The van der Waals surface area contributed by atoms with Gasteiger partial charge in [-0.05, 0) is 104 Å². The van der Waals surface area contributed by atoms with Crippen LogP contribution in [0, 0.1) is 29.6 Å². The number of hydrogen-bond donors (Lipinski definition) is 1. The Kier molecular flexibility index (Phi) is 7.74. The van der Waals surface area contributed by atoms with E-state index in [1.807, 2.05) is 54.6 Å².